The number of nitrogens with one attached hydrogen (secondary N) is 2. The number of methoxy groups -OCH3 is 1. The highest BCUT2D eigenvalue weighted by Gasteiger charge is 2.32. The van der Waals surface area contributed by atoms with Crippen LogP contribution in [-0.4, -0.2) is 42.6 Å². The maximum atomic E-state index is 12.1. The topological polar surface area (TPSA) is 70.7 Å². The zero-order valence-corrected chi connectivity index (χ0v) is 14.1. The van der Waals surface area contributed by atoms with Crippen LogP contribution in [0.2, 0.25) is 0 Å². The molecule has 1 aliphatic rings. The molecule has 23 heavy (non-hydrogen) atoms. The molecule has 1 fully saturated rings. The van der Waals surface area contributed by atoms with E-state index >= 15 is 0 Å². The van der Waals surface area contributed by atoms with Crippen LogP contribution in [0.4, 0.5) is 4.79 Å². The Hall–Kier alpha value is -2.24. The Kier molecular flexibility index (Phi) is 5.47. The molecule has 1 saturated heterocycles. The summed E-state index contributed by atoms with van der Waals surface area (Å²) < 4.78 is 5.12. The van der Waals surface area contributed by atoms with Crippen molar-refractivity contribution in [2.45, 2.75) is 45.3 Å². The second-order valence-corrected chi connectivity index (χ2v) is 6.15. The van der Waals surface area contributed by atoms with E-state index in [1.165, 1.54) is 0 Å². The van der Waals surface area contributed by atoms with Gasteiger partial charge in [0, 0.05) is 19.0 Å². The van der Waals surface area contributed by atoms with E-state index in [4.69, 9.17) is 4.74 Å². The van der Waals surface area contributed by atoms with Crippen LogP contribution in [0.15, 0.2) is 24.3 Å². The molecule has 2 rings (SSSR count). The molecule has 2 unspecified atom stereocenters. The molecule has 1 aliphatic heterocycles. The van der Waals surface area contributed by atoms with Gasteiger partial charge in [0.15, 0.2) is 0 Å². The minimum Gasteiger partial charge on any atom is -0.497 e. The van der Waals surface area contributed by atoms with Crippen LogP contribution >= 0.6 is 0 Å². The van der Waals surface area contributed by atoms with Gasteiger partial charge in [-0.15, -0.1) is 0 Å². The highest BCUT2D eigenvalue weighted by Crippen LogP contribution is 2.18. The average molecular weight is 319 g/mol. The number of rotatable bonds is 5. The second-order valence-electron chi connectivity index (χ2n) is 6.15. The molecule has 0 spiro atoms. The standard InChI is InChI=1S/C17H25N3O3/c1-11(2)20-10-14(9-16(20)21)19-17(22)18-12(3)13-5-7-15(23-4)8-6-13/h5-8,11-12,14H,9-10H2,1-4H3,(H2,18,19,22). The summed E-state index contributed by atoms with van der Waals surface area (Å²) in [5.74, 6) is 0.872. The lowest BCUT2D eigenvalue weighted by Crippen LogP contribution is -2.44. The minimum atomic E-state index is -0.253. The van der Waals surface area contributed by atoms with Gasteiger partial charge in [0.25, 0.3) is 0 Å². The molecule has 2 atom stereocenters. The van der Waals surface area contributed by atoms with Crippen LogP contribution in [-0.2, 0) is 4.79 Å². The van der Waals surface area contributed by atoms with Crippen molar-refractivity contribution >= 4 is 11.9 Å². The van der Waals surface area contributed by atoms with Gasteiger partial charge in [-0.1, -0.05) is 12.1 Å². The first-order valence-corrected chi connectivity index (χ1v) is 7.91. The van der Waals surface area contributed by atoms with Crippen molar-refractivity contribution in [2.75, 3.05) is 13.7 Å². The Morgan fingerprint density at radius 3 is 2.43 bits per heavy atom. The highest BCUT2D eigenvalue weighted by atomic mass is 16.5. The van der Waals surface area contributed by atoms with Crippen LogP contribution < -0.4 is 15.4 Å². The molecule has 1 aromatic carbocycles. The van der Waals surface area contributed by atoms with Crippen LogP contribution in [0.5, 0.6) is 5.75 Å². The summed E-state index contributed by atoms with van der Waals surface area (Å²) in [5.41, 5.74) is 0.993. The Labute approximate surface area is 137 Å². The molecule has 6 heteroatoms. The smallest absolute Gasteiger partial charge is 0.315 e. The minimum absolute atomic E-state index is 0.0912. The third-order valence-corrected chi connectivity index (χ3v) is 4.08. The summed E-state index contributed by atoms with van der Waals surface area (Å²) in [6.07, 6.45) is 0.364. The van der Waals surface area contributed by atoms with E-state index in [1.807, 2.05) is 45.0 Å². The number of hydrogen-bond acceptors (Lipinski definition) is 3. The molecule has 0 radical (unpaired) electrons. The fourth-order valence-electron chi connectivity index (χ4n) is 2.73. The van der Waals surface area contributed by atoms with Crippen molar-refractivity contribution in [3.8, 4) is 5.75 Å². The van der Waals surface area contributed by atoms with Crippen molar-refractivity contribution < 1.29 is 14.3 Å². The monoisotopic (exact) mass is 319 g/mol. The van der Waals surface area contributed by atoms with E-state index < -0.39 is 0 Å². The molecule has 126 valence electrons. The number of hydrogen-bond donors (Lipinski definition) is 2. The zero-order chi connectivity index (χ0) is 17.0. The van der Waals surface area contributed by atoms with E-state index in [0.717, 1.165) is 11.3 Å². The van der Waals surface area contributed by atoms with Crippen LogP contribution in [0.1, 0.15) is 38.8 Å². The van der Waals surface area contributed by atoms with Crippen molar-refractivity contribution in [2.24, 2.45) is 0 Å². The number of carbonyl (C=O) groups excluding carboxylic acids is 2. The van der Waals surface area contributed by atoms with Gasteiger partial charge in [-0.3, -0.25) is 4.79 Å². The maximum Gasteiger partial charge on any atom is 0.315 e. The summed E-state index contributed by atoms with van der Waals surface area (Å²) >= 11 is 0. The first-order chi connectivity index (χ1) is 10.9. The molecule has 0 aromatic heterocycles. The van der Waals surface area contributed by atoms with Gasteiger partial charge in [0.05, 0.1) is 19.2 Å². The first-order valence-electron chi connectivity index (χ1n) is 7.91. The highest BCUT2D eigenvalue weighted by molar-refractivity contribution is 5.82. The lowest BCUT2D eigenvalue weighted by atomic mass is 10.1. The van der Waals surface area contributed by atoms with Gasteiger partial charge in [-0.25, -0.2) is 4.79 Å². The number of amides is 3. The number of ether oxygens (including phenoxy) is 1. The molecule has 0 bridgehead atoms. The van der Waals surface area contributed by atoms with Crippen molar-refractivity contribution in [1.29, 1.82) is 0 Å². The third kappa shape index (κ3) is 4.37. The maximum absolute atomic E-state index is 12.1. The van der Waals surface area contributed by atoms with Crippen molar-refractivity contribution in [3.63, 3.8) is 0 Å². The Bertz CT molecular complexity index is 557. The van der Waals surface area contributed by atoms with Gasteiger partial charge in [-0.05, 0) is 38.5 Å². The number of carbonyl (C=O) groups is 2. The Morgan fingerprint density at radius 2 is 1.91 bits per heavy atom. The molecule has 0 saturated carbocycles. The van der Waals surface area contributed by atoms with E-state index in [0.29, 0.717) is 13.0 Å². The number of benzene rings is 1. The van der Waals surface area contributed by atoms with Gasteiger partial charge in [0.2, 0.25) is 5.91 Å². The normalized spacial score (nSPS) is 18.9. The number of likely N-dealkylation sites (tertiary alicyclic amines) is 1. The Morgan fingerprint density at radius 1 is 1.26 bits per heavy atom. The quantitative estimate of drug-likeness (QED) is 0.873. The molecule has 3 amide bonds. The molecule has 1 heterocycles. The summed E-state index contributed by atoms with van der Waals surface area (Å²) in [6.45, 7) is 6.45. The van der Waals surface area contributed by atoms with Crippen molar-refractivity contribution in [3.05, 3.63) is 29.8 Å². The predicted molar refractivity (Wildman–Crippen MR) is 88.3 cm³/mol. The third-order valence-electron chi connectivity index (χ3n) is 4.08. The Balaban J connectivity index is 1.85. The average Bonchev–Trinajstić information content (AvgIpc) is 2.87. The second kappa shape index (κ2) is 7.35. The summed E-state index contributed by atoms with van der Waals surface area (Å²) in [6, 6.07) is 7.22. The largest absolute Gasteiger partial charge is 0.497 e. The molecular formula is C17H25N3O3. The van der Waals surface area contributed by atoms with Gasteiger partial charge in [0.1, 0.15) is 5.75 Å². The van der Waals surface area contributed by atoms with Crippen molar-refractivity contribution in [1.82, 2.24) is 15.5 Å². The van der Waals surface area contributed by atoms with Gasteiger partial charge < -0.3 is 20.3 Å². The fourth-order valence-corrected chi connectivity index (χ4v) is 2.73. The molecule has 6 nitrogen and oxygen atoms in total. The lowest BCUT2D eigenvalue weighted by Gasteiger charge is -2.21. The van der Waals surface area contributed by atoms with E-state index in [9.17, 15) is 9.59 Å². The number of urea groups is 1. The van der Waals surface area contributed by atoms with Crippen LogP contribution in [0.3, 0.4) is 0 Å². The van der Waals surface area contributed by atoms with Gasteiger partial charge >= 0.3 is 6.03 Å². The van der Waals surface area contributed by atoms with E-state index in [1.54, 1.807) is 12.0 Å². The summed E-state index contributed by atoms with van der Waals surface area (Å²) in [7, 11) is 1.62. The summed E-state index contributed by atoms with van der Waals surface area (Å²) in [5, 5.41) is 5.78. The predicted octanol–water partition coefficient (Wildman–Crippen LogP) is 2.06. The summed E-state index contributed by atoms with van der Waals surface area (Å²) in [4.78, 5) is 25.8. The molecule has 1 aromatic rings. The van der Waals surface area contributed by atoms with Crippen LogP contribution in [0.25, 0.3) is 0 Å². The fraction of sp³-hybridized carbons (Fsp3) is 0.529. The SMILES string of the molecule is COc1ccc(C(C)NC(=O)NC2CC(=O)N(C(C)C)C2)cc1. The van der Waals surface area contributed by atoms with E-state index in [-0.39, 0.29) is 30.1 Å². The molecular weight excluding hydrogens is 294 g/mol. The molecule has 2 N–H and O–H groups in total. The lowest BCUT2D eigenvalue weighted by molar-refractivity contribution is -0.129. The first kappa shape index (κ1) is 17.1. The van der Waals surface area contributed by atoms with E-state index in [2.05, 4.69) is 10.6 Å². The number of nitrogens with zero attached hydrogens (tertiary/aromatic N) is 1. The zero-order valence-electron chi connectivity index (χ0n) is 14.1. The molecule has 0 aliphatic carbocycles. The van der Waals surface area contributed by atoms with Gasteiger partial charge in [-0.2, -0.15) is 0 Å². The van der Waals surface area contributed by atoms with Crippen LogP contribution in [0, 0.1) is 0 Å².